The fourth-order valence-electron chi connectivity index (χ4n) is 2.82. The van der Waals surface area contributed by atoms with E-state index in [1.165, 1.54) is 5.56 Å². The number of anilines is 1. The van der Waals surface area contributed by atoms with E-state index in [0.29, 0.717) is 5.56 Å². The van der Waals surface area contributed by atoms with Crippen LogP contribution in [0.15, 0.2) is 24.3 Å². The number of aromatic nitrogens is 2. The van der Waals surface area contributed by atoms with Gasteiger partial charge in [-0.05, 0) is 42.5 Å². The summed E-state index contributed by atoms with van der Waals surface area (Å²) in [7, 11) is 0. The van der Waals surface area contributed by atoms with E-state index in [9.17, 15) is 0 Å². The predicted molar refractivity (Wildman–Crippen MR) is 74.0 cm³/mol. The van der Waals surface area contributed by atoms with Crippen molar-refractivity contribution in [2.45, 2.75) is 32.1 Å². The Bertz CT molecular complexity index is 671. The minimum Gasteiger partial charge on any atom is -0.383 e. The summed E-state index contributed by atoms with van der Waals surface area (Å²) in [5, 5.41) is 13.4. The van der Waals surface area contributed by atoms with Crippen molar-refractivity contribution in [2.75, 3.05) is 5.73 Å². The lowest BCUT2D eigenvalue weighted by Crippen LogP contribution is -2.15. The van der Waals surface area contributed by atoms with Crippen LogP contribution in [-0.2, 0) is 11.8 Å². The number of rotatable bonds is 1. The van der Waals surface area contributed by atoms with E-state index >= 15 is 0 Å². The topological polar surface area (TPSA) is 67.6 Å². The van der Waals surface area contributed by atoms with Crippen LogP contribution in [0.4, 0.5) is 5.82 Å². The SMILES string of the molecule is CC1(C)CCc2nn(-c3ccc(C#N)cc3)c(N)c21. The monoisotopic (exact) mass is 252 g/mol. The maximum absolute atomic E-state index is 8.82. The molecule has 1 aliphatic carbocycles. The lowest BCUT2D eigenvalue weighted by atomic mass is 9.87. The smallest absolute Gasteiger partial charge is 0.131 e. The van der Waals surface area contributed by atoms with Gasteiger partial charge in [-0.15, -0.1) is 0 Å². The van der Waals surface area contributed by atoms with E-state index in [0.717, 1.165) is 30.0 Å². The minimum absolute atomic E-state index is 0.101. The molecule has 96 valence electrons. The van der Waals surface area contributed by atoms with Gasteiger partial charge in [0.25, 0.3) is 0 Å². The highest BCUT2D eigenvalue weighted by Crippen LogP contribution is 2.42. The first-order valence-electron chi connectivity index (χ1n) is 6.41. The second kappa shape index (κ2) is 3.86. The molecule has 2 aromatic rings. The molecule has 2 N–H and O–H groups in total. The molecule has 3 rings (SSSR count). The summed E-state index contributed by atoms with van der Waals surface area (Å²) < 4.78 is 1.78. The number of nitrogen functional groups attached to an aromatic ring is 1. The fourth-order valence-corrected chi connectivity index (χ4v) is 2.82. The molecule has 0 unspecified atom stereocenters. The zero-order valence-electron chi connectivity index (χ0n) is 11.1. The van der Waals surface area contributed by atoms with Crippen molar-refractivity contribution in [3.63, 3.8) is 0 Å². The second-order valence-electron chi connectivity index (χ2n) is 5.66. The van der Waals surface area contributed by atoms with Crippen molar-refractivity contribution < 1.29 is 0 Å². The normalized spacial score (nSPS) is 16.1. The van der Waals surface area contributed by atoms with Gasteiger partial charge in [0.05, 0.1) is 23.0 Å². The Kier molecular flexibility index (Phi) is 2.39. The van der Waals surface area contributed by atoms with Gasteiger partial charge in [-0.1, -0.05) is 13.8 Å². The molecule has 1 aromatic heterocycles. The maximum atomic E-state index is 8.82. The minimum atomic E-state index is 0.101. The number of aryl methyl sites for hydroxylation is 1. The van der Waals surface area contributed by atoms with Gasteiger partial charge in [-0.2, -0.15) is 10.4 Å². The quantitative estimate of drug-likeness (QED) is 0.848. The van der Waals surface area contributed by atoms with E-state index in [-0.39, 0.29) is 5.41 Å². The first-order chi connectivity index (χ1) is 9.03. The van der Waals surface area contributed by atoms with E-state index < -0.39 is 0 Å². The number of nitriles is 1. The highest BCUT2D eigenvalue weighted by atomic mass is 15.3. The van der Waals surface area contributed by atoms with Crippen molar-refractivity contribution in [1.82, 2.24) is 9.78 Å². The Balaban J connectivity index is 2.10. The molecular formula is C15H16N4. The Morgan fingerprint density at radius 1 is 1.32 bits per heavy atom. The molecule has 0 spiro atoms. The summed E-state index contributed by atoms with van der Waals surface area (Å²) in [5.74, 6) is 0.724. The molecule has 0 fully saturated rings. The van der Waals surface area contributed by atoms with Gasteiger partial charge in [0.2, 0.25) is 0 Å². The summed E-state index contributed by atoms with van der Waals surface area (Å²) in [6.45, 7) is 4.42. The third kappa shape index (κ3) is 1.70. The first-order valence-corrected chi connectivity index (χ1v) is 6.41. The van der Waals surface area contributed by atoms with Crippen LogP contribution in [0.25, 0.3) is 5.69 Å². The summed E-state index contributed by atoms with van der Waals surface area (Å²) >= 11 is 0. The van der Waals surface area contributed by atoms with Crippen molar-refractivity contribution in [2.24, 2.45) is 0 Å². The van der Waals surface area contributed by atoms with Gasteiger partial charge < -0.3 is 5.73 Å². The molecule has 0 saturated carbocycles. The molecule has 0 amide bonds. The van der Waals surface area contributed by atoms with E-state index in [1.54, 1.807) is 16.8 Å². The molecule has 0 saturated heterocycles. The van der Waals surface area contributed by atoms with E-state index in [1.807, 2.05) is 12.1 Å². The summed E-state index contributed by atoms with van der Waals surface area (Å²) in [5.41, 5.74) is 10.2. The molecular weight excluding hydrogens is 236 g/mol. The molecule has 4 heteroatoms. The highest BCUT2D eigenvalue weighted by molar-refractivity contribution is 5.55. The van der Waals surface area contributed by atoms with Crippen molar-refractivity contribution in [3.8, 4) is 11.8 Å². The average molecular weight is 252 g/mol. The van der Waals surface area contributed by atoms with E-state index in [2.05, 4.69) is 25.0 Å². The maximum Gasteiger partial charge on any atom is 0.131 e. The molecule has 19 heavy (non-hydrogen) atoms. The van der Waals surface area contributed by atoms with Crippen molar-refractivity contribution in [1.29, 1.82) is 5.26 Å². The standard InChI is InChI=1S/C15H16N4/c1-15(2)8-7-12-13(15)14(17)19(18-12)11-5-3-10(9-16)4-6-11/h3-6H,7-8,17H2,1-2H3. The Labute approximate surface area is 112 Å². The predicted octanol–water partition coefficient (Wildman–Crippen LogP) is 2.55. The molecule has 1 aliphatic rings. The van der Waals surface area contributed by atoms with Gasteiger partial charge in [-0.25, -0.2) is 4.68 Å². The largest absolute Gasteiger partial charge is 0.383 e. The third-order valence-electron chi connectivity index (χ3n) is 3.90. The lowest BCUT2D eigenvalue weighted by Gasteiger charge is -2.18. The van der Waals surface area contributed by atoms with Gasteiger partial charge in [-0.3, -0.25) is 0 Å². The average Bonchev–Trinajstić information content (AvgIpc) is 2.89. The Hall–Kier alpha value is -2.28. The van der Waals surface area contributed by atoms with Crippen LogP contribution in [0.1, 0.15) is 37.1 Å². The van der Waals surface area contributed by atoms with Crippen molar-refractivity contribution in [3.05, 3.63) is 41.1 Å². The van der Waals surface area contributed by atoms with Gasteiger partial charge in [0, 0.05) is 5.56 Å². The Morgan fingerprint density at radius 3 is 2.58 bits per heavy atom. The first kappa shape index (κ1) is 11.8. The van der Waals surface area contributed by atoms with Crippen molar-refractivity contribution >= 4 is 5.82 Å². The molecule has 0 radical (unpaired) electrons. The van der Waals surface area contributed by atoms with E-state index in [4.69, 9.17) is 11.0 Å². The van der Waals surface area contributed by atoms with Gasteiger partial charge in [0.1, 0.15) is 5.82 Å². The number of nitrogens with two attached hydrogens (primary N) is 1. The fraction of sp³-hybridized carbons (Fsp3) is 0.333. The number of fused-ring (bicyclic) bond motifs is 1. The molecule has 4 nitrogen and oxygen atoms in total. The van der Waals surface area contributed by atoms with Crippen LogP contribution >= 0.6 is 0 Å². The van der Waals surface area contributed by atoms with Crippen LogP contribution in [0.5, 0.6) is 0 Å². The lowest BCUT2D eigenvalue weighted by molar-refractivity contribution is 0.519. The molecule has 0 aliphatic heterocycles. The second-order valence-corrected chi connectivity index (χ2v) is 5.66. The number of nitrogens with zero attached hydrogens (tertiary/aromatic N) is 3. The summed E-state index contributed by atoms with van der Waals surface area (Å²) in [6.07, 6.45) is 2.08. The Morgan fingerprint density at radius 2 is 2.00 bits per heavy atom. The highest BCUT2D eigenvalue weighted by Gasteiger charge is 2.35. The van der Waals surface area contributed by atoms with Crippen LogP contribution in [-0.4, -0.2) is 9.78 Å². The summed E-state index contributed by atoms with van der Waals surface area (Å²) in [6, 6.07) is 9.44. The third-order valence-corrected chi connectivity index (χ3v) is 3.90. The zero-order chi connectivity index (χ0) is 13.6. The van der Waals surface area contributed by atoms with Crippen LogP contribution in [0.2, 0.25) is 0 Å². The number of hydrogen-bond acceptors (Lipinski definition) is 3. The van der Waals surface area contributed by atoms with Crippen LogP contribution < -0.4 is 5.73 Å². The van der Waals surface area contributed by atoms with Crippen LogP contribution in [0.3, 0.4) is 0 Å². The molecule has 0 bridgehead atoms. The molecule has 1 aromatic carbocycles. The molecule has 1 heterocycles. The van der Waals surface area contributed by atoms with Crippen LogP contribution in [0, 0.1) is 11.3 Å². The summed E-state index contributed by atoms with van der Waals surface area (Å²) in [4.78, 5) is 0. The number of benzene rings is 1. The van der Waals surface area contributed by atoms with Gasteiger partial charge >= 0.3 is 0 Å². The van der Waals surface area contributed by atoms with Gasteiger partial charge in [0.15, 0.2) is 0 Å². The molecule has 0 atom stereocenters. The number of hydrogen-bond donors (Lipinski definition) is 1. The zero-order valence-corrected chi connectivity index (χ0v) is 11.1.